The third kappa shape index (κ3) is 5.11. The third-order valence-corrected chi connectivity index (χ3v) is 4.53. The minimum atomic E-state index is -0.751. The van der Waals surface area contributed by atoms with Gasteiger partial charge in [0.25, 0.3) is 5.56 Å². The fourth-order valence-corrected chi connectivity index (χ4v) is 3.18. The molecule has 1 aromatic rings. The molecule has 2 atom stereocenters. The molecule has 0 aromatic carbocycles. The first kappa shape index (κ1) is 19.6. The van der Waals surface area contributed by atoms with Crippen LogP contribution < -0.4 is 5.56 Å². The van der Waals surface area contributed by atoms with Gasteiger partial charge in [-0.1, -0.05) is 13.8 Å². The lowest BCUT2D eigenvalue weighted by Gasteiger charge is -2.20. The number of hydrogen-bond donors (Lipinski definition) is 0. The number of aryl methyl sites for hydroxylation is 1. The Balaban J connectivity index is 2.23. The molecule has 1 aliphatic heterocycles. The lowest BCUT2D eigenvalue weighted by molar-refractivity contribution is -0.145. The molecule has 6 nitrogen and oxygen atoms in total. The number of hydrogen-bond acceptors (Lipinski definition) is 5. The van der Waals surface area contributed by atoms with Gasteiger partial charge in [-0.15, -0.1) is 0 Å². The van der Waals surface area contributed by atoms with Crippen molar-refractivity contribution in [1.82, 2.24) is 14.7 Å². The number of methoxy groups -OCH3 is 1. The number of ether oxygens (including phenoxy) is 1. The van der Waals surface area contributed by atoms with E-state index in [4.69, 9.17) is 4.74 Å². The van der Waals surface area contributed by atoms with Crippen molar-refractivity contribution in [3.63, 3.8) is 0 Å². The summed E-state index contributed by atoms with van der Waals surface area (Å²) in [6.45, 7) is 7.59. The molecule has 0 spiro atoms. The van der Waals surface area contributed by atoms with Crippen LogP contribution in [0, 0.1) is 12.8 Å². The Morgan fingerprint density at radius 1 is 1.48 bits per heavy atom. The smallest absolute Gasteiger partial charge is 0.330 e. The molecule has 0 saturated carbocycles. The Labute approximate surface area is 148 Å². The maximum Gasteiger partial charge on any atom is 0.330 e. The van der Waals surface area contributed by atoms with Crippen LogP contribution >= 0.6 is 0 Å². The van der Waals surface area contributed by atoms with Crippen LogP contribution in [0.15, 0.2) is 10.9 Å². The highest BCUT2D eigenvalue weighted by molar-refractivity contribution is 5.73. The maximum absolute atomic E-state index is 13.3. The minimum absolute atomic E-state index is 0.216. The largest absolute Gasteiger partial charge is 0.467 e. The van der Waals surface area contributed by atoms with Gasteiger partial charge in [0.05, 0.1) is 12.8 Å². The zero-order valence-corrected chi connectivity index (χ0v) is 15.5. The van der Waals surface area contributed by atoms with Crippen LogP contribution in [-0.2, 0) is 16.0 Å². The molecule has 0 aliphatic carbocycles. The molecule has 0 N–H and O–H groups in total. The first-order chi connectivity index (χ1) is 11.8. The van der Waals surface area contributed by atoms with Crippen LogP contribution in [0.2, 0.25) is 0 Å². The Morgan fingerprint density at radius 3 is 2.76 bits per heavy atom. The van der Waals surface area contributed by atoms with Gasteiger partial charge in [-0.2, -0.15) is 5.10 Å². The molecule has 25 heavy (non-hydrogen) atoms. The number of aromatic nitrogens is 2. The predicted molar refractivity (Wildman–Crippen MR) is 93.4 cm³/mol. The summed E-state index contributed by atoms with van der Waals surface area (Å²) in [6.07, 6.45) is 0.921. The number of likely N-dealkylation sites (tertiary alicyclic amines) is 1. The van der Waals surface area contributed by atoms with E-state index >= 15 is 0 Å². The van der Waals surface area contributed by atoms with E-state index in [1.54, 1.807) is 13.0 Å². The Kier molecular flexibility index (Phi) is 6.70. The molecular weight excluding hydrogens is 325 g/mol. The lowest BCUT2D eigenvalue weighted by atomic mass is 10.0. The van der Waals surface area contributed by atoms with Gasteiger partial charge in [-0.05, 0) is 31.7 Å². The van der Waals surface area contributed by atoms with Gasteiger partial charge < -0.3 is 4.74 Å². The van der Waals surface area contributed by atoms with Crippen LogP contribution in [-0.4, -0.2) is 53.6 Å². The first-order valence-corrected chi connectivity index (χ1v) is 8.85. The number of esters is 1. The fourth-order valence-electron chi connectivity index (χ4n) is 3.18. The zero-order chi connectivity index (χ0) is 18.6. The van der Waals surface area contributed by atoms with Gasteiger partial charge in [-0.25, -0.2) is 13.9 Å². The van der Waals surface area contributed by atoms with Gasteiger partial charge in [-0.3, -0.25) is 9.69 Å². The second-order valence-corrected chi connectivity index (χ2v) is 7.17. The van der Waals surface area contributed by atoms with Gasteiger partial charge >= 0.3 is 5.97 Å². The SMILES string of the molecule is COC(=O)[C@H](CC(C)C)n1nc(CCN2CC[C@H](F)C2)cc(C)c1=O. The van der Waals surface area contributed by atoms with E-state index < -0.39 is 18.2 Å². The average molecular weight is 353 g/mol. The Bertz CT molecular complexity index is 659. The molecule has 1 aromatic heterocycles. The summed E-state index contributed by atoms with van der Waals surface area (Å²) in [5.41, 5.74) is 1.01. The number of rotatable bonds is 7. The summed E-state index contributed by atoms with van der Waals surface area (Å²) >= 11 is 0. The number of alkyl halides is 1. The highest BCUT2D eigenvalue weighted by Gasteiger charge is 2.26. The number of halogens is 1. The van der Waals surface area contributed by atoms with E-state index in [1.807, 2.05) is 13.8 Å². The molecule has 140 valence electrons. The van der Waals surface area contributed by atoms with Crippen molar-refractivity contribution < 1.29 is 13.9 Å². The quantitative estimate of drug-likeness (QED) is 0.701. The summed E-state index contributed by atoms with van der Waals surface area (Å²) in [5, 5.41) is 4.42. The molecular formula is C18H28FN3O3. The summed E-state index contributed by atoms with van der Waals surface area (Å²) in [5.74, 6) is -0.243. The predicted octanol–water partition coefficient (Wildman–Crippen LogP) is 1.90. The molecule has 0 bridgehead atoms. The first-order valence-electron chi connectivity index (χ1n) is 8.85. The monoisotopic (exact) mass is 353 g/mol. The summed E-state index contributed by atoms with van der Waals surface area (Å²) in [4.78, 5) is 26.7. The number of carbonyl (C=O) groups is 1. The second-order valence-electron chi connectivity index (χ2n) is 7.17. The van der Waals surface area contributed by atoms with Crippen molar-refractivity contribution in [2.45, 2.75) is 52.2 Å². The van der Waals surface area contributed by atoms with Crippen molar-refractivity contribution in [2.75, 3.05) is 26.7 Å². The van der Waals surface area contributed by atoms with Crippen molar-refractivity contribution in [3.8, 4) is 0 Å². The van der Waals surface area contributed by atoms with E-state index in [-0.39, 0.29) is 11.5 Å². The van der Waals surface area contributed by atoms with Gasteiger partial charge in [0.2, 0.25) is 0 Å². The van der Waals surface area contributed by atoms with E-state index in [9.17, 15) is 14.0 Å². The third-order valence-electron chi connectivity index (χ3n) is 4.53. The van der Waals surface area contributed by atoms with Gasteiger partial charge in [0.15, 0.2) is 6.04 Å². The molecule has 0 unspecified atom stereocenters. The van der Waals surface area contributed by atoms with Crippen LogP contribution in [0.4, 0.5) is 4.39 Å². The zero-order valence-electron chi connectivity index (χ0n) is 15.5. The normalized spacial score (nSPS) is 19.4. The molecule has 2 rings (SSSR count). The second kappa shape index (κ2) is 8.56. The van der Waals surface area contributed by atoms with Crippen LogP contribution in [0.3, 0.4) is 0 Å². The number of carbonyl (C=O) groups excluding carboxylic acids is 1. The van der Waals surface area contributed by atoms with E-state index in [0.29, 0.717) is 37.9 Å². The van der Waals surface area contributed by atoms with Crippen molar-refractivity contribution >= 4 is 5.97 Å². The van der Waals surface area contributed by atoms with E-state index in [1.165, 1.54) is 11.8 Å². The topological polar surface area (TPSA) is 64.4 Å². The standard InChI is InChI=1S/C18H28FN3O3/c1-12(2)9-16(18(24)25-4)22-17(23)13(3)10-15(20-22)6-8-21-7-5-14(19)11-21/h10,12,14,16H,5-9,11H2,1-4H3/t14-,16-/m0/s1. The molecule has 1 saturated heterocycles. The Hall–Kier alpha value is -1.76. The molecule has 7 heteroatoms. The van der Waals surface area contributed by atoms with Crippen molar-refractivity contribution in [3.05, 3.63) is 27.7 Å². The van der Waals surface area contributed by atoms with Crippen LogP contribution in [0.5, 0.6) is 0 Å². The maximum atomic E-state index is 13.3. The molecule has 2 heterocycles. The summed E-state index contributed by atoms with van der Waals surface area (Å²) in [6, 6.07) is 1.03. The van der Waals surface area contributed by atoms with Crippen LogP contribution in [0.25, 0.3) is 0 Å². The van der Waals surface area contributed by atoms with Crippen LogP contribution in [0.1, 0.15) is 44.0 Å². The van der Waals surface area contributed by atoms with Gasteiger partial charge in [0, 0.05) is 31.6 Å². The van der Waals surface area contributed by atoms with Crippen molar-refractivity contribution in [2.24, 2.45) is 5.92 Å². The minimum Gasteiger partial charge on any atom is -0.467 e. The average Bonchev–Trinajstić information content (AvgIpc) is 2.98. The molecule has 0 amide bonds. The Morgan fingerprint density at radius 2 is 2.20 bits per heavy atom. The van der Waals surface area contributed by atoms with Crippen molar-refractivity contribution in [1.29, 1.82) is 0 Å². The molecule has 0 radical (unpaired) electrons. The summed E-state index contributed by atoms with van der Waals surface area (Å²) in [7, 11) is 1.32. The summed E-state index contributed by atoms with van der Waals surface area (Å²) < 4.78 is 19.4. The number of nitrogens with zero attached hydrogens (tertiary/aromatic N) is 3. The lowest BCUT2D eigenvalue weighted by Crippen LogP contribution is -2.35. The molecule has 1 aliphatic rings. The van der Waals surface area contributed by atoms with E-state index in [0.717, 1.165) is 12.2 Å². The van der Waals surface area contributed by atoms with Gasteiger partial charge in [0.1, 0.15) is 6.17 Å². The fraction of sp³-hybridized carbons (Fsp3) is 0.722. The molecule has 1 fully saturated rings. The highest BCUT2D eigenvalue weighted by atomic mass is 19.1. The highest BCUT2D eigenvalue weighted by Crippen LogP contribution is 2.18. The van der Waals surface area contributed by atoms with E-state index in [2.05, 4.69) is 10.00 Å².